The summed E-state index contributed by atoms with van der Waals surface area (Å²) in [6.07, 6.45) is 8.36. The first-order valence-corrected chi connectivity index (χ1v) is 11.0. The van der Waals surface area contributed by atoms with Gasteiger partial charge in [0.1, 0.15) is 5.56 Å². The summed E-state index contributed by atoms with van der Waals surface area (Å²) < 4.78 is 27.8. The fraction of sp³-hybridized carbons (Fsp3) is 0.353. The number of nitrogens with zero attached hydrogens (tertiary/aromatic N) is 6. The van der Waals surface area contributed by atoms with E-state index in [1.807, 2.05) is 0 Å². The second kappa shape index (κ2) is 7.50. The third-order valence-electron chi connectivity index (χ3n) is 5.00. The zero-order valence-corrected chi connectivity index (χ0v) is 16.9. The molecule has 0 saturated carbocycles. The molecule has 2 amide bonds. The Labute approximate surface area is 171 Å². The van der Waals surface area contributed by atoms with Crippen molar-refractivity contribution in [3.63, 3.8) is 0 Å². The number of primary amides is 1. The lowest BCUT2D eigenvalue weighted by atomic mass is 10.1. The first-order chi connectivity index (χ1) is 14.2. The van der Waals surface area contributed by atoms with E-state index in [-0.39, 0.29) is 23.0 Å². The van der Waals surface area contributed by atoms with E-state index < -0.39 is 21.8 Å². The Balaban J connectivity index is 1.56. The van der Waals surface area contributed by atoms with Crippen molar-refractivity contribution in [1.82, 2.24) is 28.7 Å². The van der Waals surface area contributed by atoms with Crippen molar-refractivity contribution < 1.29 is 18.0 Å². The van der Waals surface area contributed by atoms with Gasteiger partial charge in [-0.15, -0.1) is 0 Å². The van der Waals surface area contributed by atoms with Gasteiger partial charge in [0.25, 0.3) is 11.8 Å². The zero-order chi connectivity index (χ0) is 21.5. The van der Waals surface area contributed by atoms with Gasteiger partial charge in [0.15, 0.2) is 11.3 Å². The molecule has 1 aliphatic rings. The molecule has 30 heavy (non-hydrogen) atoms. The topological polar surface area (TPSA) is 158 Å². The molecule has 0 unspecified atom stereocenters. The number of carbonyl (C=O) groups excluding carboxylic acids is 2. The van der Waals surface area contributed by atoms with E-state index in [0.29, 0.717) is 31.6 Å². The van der Waals surface area contributed by atoms with Crippen LogP contribution in [0.3, 0.4) is 0 Å². The predicted molar refractivity (Wildman–Crippen MR) is 106 cm³/mol. The minimum Gasteiger partial charge on any atom is -0.364 e. The summed E-state index contributed by atoms with van der Waals surface area (Å²) in [4.78, 5) is 28.7. The molecule has 1 saturated heterocycles. The zero-order valence-electron chi connectivity index (χ0n) is 16.1. The van der Waals surface area contributed by atoms with Gasteiger partial charge in [-0.25, -0.2) is 22.2 Å². The molecule has 0 radical (unpaired) electrons. The van der Waals surface area contributed by atoms with Gasteiger partial charge in [-0.05, 0) is 18.9 Å². The first-order valence-electron chi connectivity index (χ1n) is 9.18. The van der Waals surface area contributed by atoms with Gasteiger partial charge in [-0.1, -0.05) is 0 Å². The molecule has 158 valence electrons. The summed E-state index contributed by atoms with van der Waals surface area (Å²) in [6, 6.07) is 1.57. The molecule has 12 nitrogen and oxygen atoms in total. The van der Waals surface area contributed by atoms with Crippen molar-refractivity contribution >= 4 is 33.2 Å². The van der Waals surface area contributed by atoms with Crippen molar-refractivity contribution in [2.24, 2.45) is 5.73 Å². The molecule has 0 aromatic carbocycles. The molecule has 0 bridgehead atoms. The fourth-order valence-electron chi connectivity index (χ4n) is 3.47. The molecular weight excluding hydrogens is 412 g/mol. The molecule has 1 aliphatic heterocycles. The number of amides is 2. The van der Waals surface area contributed by atoms with Crippen LogP contribution in [0.25, 0.3) is 5.65 Å². The molecule has 4 rings (SSSR count). The lowest BCUT2D eigenvalue weighted by Gasteiger charge is -2.30. The van der Waals surface area contributed by atoms with Crippen LogP contribution < -0.4 is 11.1 Å². The van der Waals surface area contributed by atoms with Gasteiger partial charge in [0.05, 0.1) is 24.2 Å². The van der Waals surface area contributed by atoms with Crippen molar-refractivity contribution in [2.45, 2.75) is 18.9 Å². The van der Waals surface area contributed by atoms with Gasteiger partial charge in [-0.2, -0.15) is 10.2 Å². The van der Waals surface area contributed by atoms with E-state index in [2.05, 4.69) is 20.5 Å². The molecule has 0 aliphatic carbocycles. The van der Waals surface area contributed by atoms with E-state index in [1.165, 1.54) is 27.5 Å². The number of nitrogens with two attached hydrogens (primary N) is 1. The Morgan fingerprint density at radius 1 is 1.27 bits per heavy atom. The van der Waals surface area contributed by atoms with Gasteiger partial charge in [0.2, 0.25) is 10.0 Å². The maximum absolute atomic E-state index is 12.7. The van der Waals surface area contributed by atoms with Crippen molar-refractivity contribution in [1.29, 1.82) is 0 Å². The second-order valence-corrected chi connectivity index (χ2v) is 9.01. The number of nitrogens with one attached hydrogen (secondary N) is 1. The highest BCUT2D eigenvalue weighted by Gasteiger charge is 2.28. The van der Waals surface area contributed by atoms with Crippen LogP contribution in [-0.4, -0.2) is 68.3 Å². The summed E-state index contributed by atoms with van der Waals surface area (Å²) in [7, 11) is -3.25. The standard InChI is InChI=1S/C17H20N8O4S/c1-30(28,29)23-7-3-11(4-8-23)25-10-13(14(22-25)15(18)26)21-17(27)12-9-20-24-6-2-5-19-16(12)24/h2,5-6,9-11H,3-4,7-8H2,1H3,(H2,18,26)(H,21,27). The van der Waals surface area contributed by atoms with E-state index in [1.54, 1.807) is 23.1 Å². The van der Waals surface area contributed by atoms with Crippen LogP contribution in [0.15, 0.2) is 30.9 Å². The third-order valence-corrected chi connectivity index (χ3v) is 6.31. The monoisotopic (exact) mass is 432 g/mol. The summed E-state index contributed by atoms with van der Waals surface area (Å²) in [5.74, 6) is -1.28. The molecule has 4 heterocycles. The number of carbonyl (C=O) groups is 2. The smallest absolute Gasteiger partial charge is 0.271 e. The van der Waals surface area contributed by atoms with E-state index in [4.69, 9.17) is 5.73 Å². The third kappa shape index (κ3) is 3.76. The van der Waals surface area contributed by atoms with Crippen LogP contribution in [0.5, 0.6) is 0 Å². The highest BCUT2D eigenvalue weighted by molar-refractivity contribution is 7.88. The van der Waals surface area contributed by atoms with Crippen molar-refractivity contribution in [3.05, 3.63) is 42.1 Å². The SMILES string of the molecule is CS(=O)(=O)N1CCC(n2cc(NC(=O)c3cnn4cccnc34)c(C(N)=O)n2)CC1. The lowest BCUT2D eigenvalue weighted by molar-refractivity contribution is 0.0995. The highest BCUT2D eigenvalue weighted by Crippen LogP contribution is 2.26. The molecule has 3 N–H and O–H groups in total. The summed E-state index contributed by atoms with van der Waals surface area (Å²) in [5, 5.41) is 11.0. The Morgan fingerprint density at radius 2 is 2.00 bits per heavy atom. The summed E-state index contributed by atoms with van der Waals surface area (Å²) in [6.45, 7) is 0.704. The van der Waals surface area contributed by atoms with Crippen LogP contribution in [0.1, 0.15) is 39.7 Å². The molecular formula is C17H20N8O4S. The Bertz CT molecular complexity index is 1220. The van der Waals surface area contributed by atoms with Gasteiger partial charge in [-0.3, -0.25) is 14.3 Å². The molecule has 0 spiro atoms. The Morgan fingerprint density at radius 3 is 2.67 bits per heavy atom. The number of aromatic nitrogens is 5. The van der Waals surface area contributed by atoms with Gasteiger partial charge in [0, 0.05) is 31.7 Å². The second-order valence-electron chi connectivity index (χ2n) is 7.03. The number of fused-ring (bicyclic) bond motifs is 1. The maximum atomic E-state index is 12.7. The summed E-state index contributed by atoms with van der Waals surface area (Å²) in [5.41, 5.74) is 6.15. The van der Waals surface area contributed by atoms with Crippen LogP contribution in [-0.2, 0) is 10.0 Å². The predicted octanol–water partition coefficient (Wildman–Crippen LogP) is -0.126. The van der Waals surface area contributed by atoms with Crippen LogP contribution in [0.2, 0.25) is 0 Å². The average Bonchev–Trinajstić information content (AvgIpc) is 3.32. The number of hydrogen-bond acceptors (Lipinski definition) is 7. The Hall–Kier alpha value is -3.32. The van der Waals surface area contributed by atoms with E-state index in [0.717, 1.165) is 0 Å². The van der Waals surface area contributed by atoms with Crippen LogP contribution >= 0.6 is 0 Å². The minimum atomic E-state index is -3.25. The van der Waals surface area contributed by atoms with Crippen molar-refractivity contribution in [3.8, 4) is 0 Å². The highest BCUT2D eigenvalue weighted by atomic mass is 32.2. The molecule has 13 heteroatoms. The van der Waals surface area contributed by atoms with Gasteiger partial charge < -0.3 is 11.1 Å². The number of anilines is 1. The minimum absolute atomic E-state index is 0.0710. The van der Waals surface area contributed by atoms with E-state index in [9.17, 15) is 18.0 Å². The molecule has 3 aromatic rings. The fourth-order valence-corrected chi connectivity index (χ4v) is 4.34. The van der Waals surface area contributed by atoms with Crippen molar-refractivity contribution in [2.75, 3.05) is 24.7 Å². The normalized spacial score (nSPS) is 16.0. The Kier molecular flexibility index (Phi) is 4.99. The molecule has 1 fully saturated rings. The number of piperidine rings is 1. The lowest BCUT2D eigenvalue weighted by Crippen LogP contribution is -2.38. The maximum Gasteiger partial charge on any atom is 0.271 e. The largest absolute Gasteiger partial charge is 0.364 e. The number of hydrogen-bond donors (Lipinski definition) is 2. The first kappa shape index (κ1) is 20.0. The number of rotatable bonds is 5. The van der Waals surface area contributed by atoms with Gasteiger partial charge >= 0.3 is 0 Å². The molecule has 0 atom stereocenters. The number of sulfonamides is 1. The van der Waals surface area contributed by atoms with E-state index >= 15 is 0 Å². The summed E-state index contributed by atoms with van der Waals surface area (Å²) >= 11 is 0. The van der Waals surface area contributed by atoms with Crippen LogP contribution in [0, 0.1) is 0 Å². The quantitative estimate of drug-likeness (QED) is 0.568. The average molecular weight is 432 g/mol. The molecule has 3 aromatic heterocycles. The van der Waals surface area contributed by atoms with Crippen LogP contribution in [0.4, 0.5) is 5.69 Å².